The minimum Gasteiger partial charge on any atom is -0.396 e. The Bertz CT molecular complexity index is 569. The molecule has 0 fully saturated rings. The Morgan fingerprint density at radius 2 is 2.28 bits per heavy atom. The number of aromatic nitrogens is 2. The topological polar surface area (TPSA) is 80.9 Å². The van der Waals surface area contributed by atoms with Gasteiger partial charge in [0.15, 0.2) is 0 Å². The fourth-order valence-corrected chi connectivity index (χ4v) is 2.60. The Labute approximate surface area is 113 Å². The normalized spacial score (nSPS) is 12.6. The molecule has 1 amide bonds. The van der Waals surface area contributed by atoms with E-state index in [9.17, 15) is 4.79 Å². The Kier molecular flexibility index (Phi) is 4.03. The molecule has 2 heterocycles. The molecule has 0 radical (unpaired) electrons. The number of hydrogen-bond acceptors (Lipinski definition) is 6. The van der Waals surface area contributed by atoms with Crippen LogP contribution >= 0.6 is 23.1 Å². The van der Waals surface area contributed by atoms with E-state index in [0.29, 0.717) is 32.7 Å². The fourth-order valence-electron chi connectivity index (χ4n) is 1.41. The average molecular weight is 282 g/mol. The fraction of sp³-hybridized carbons (Fsp3) is 0.364. The van der Waals surface area contributed by atoms with Crippen LogP contribution < -0.4 is 11.1 Å². The molecule has 1 unspecified atom stereocenters. The molecule has 0 spiro atoms. The Hall–Kier alpha value is -1.34. The van der Waals surface area contributed by atoms with Crippen molar-refractivity contribution in [2.45, 2.75) is 12.2 Å². The molecule has 0 aromatic carbocycles. The quantitative estimate of drug-likeness (QED) is 0.893. The highest BCUT2D eigenvalue weighted by atomic mass is 32.2. The van der Waals surface area contributed by atoms with Gasteiger partial charge in [-0.25, -0.2) is 9.97 Å². The highest BCUT2D eigenvalue weighted by molar-refractivity contribution is 7.99. The maximum Gasteiger partial charge on any atom is 0.263 e. The van der Waals surface area contributed by atoms with Crippen LogP contribution in [0.4, 0.5) is 5.69 Å². The van der Waals surface area contributed by atoms with Crippen LogP contribution in [-0.2, 0) is 0 Å². The van der Waals surface area contributed by atoms with E-state index >= 15 is 0 Å². The maximum absolute atomic E-state index is 12.0. The molecule has 7 heteroatoms. The number of nitrogens with two attached hydrogens (primary N) is 1. The van der Waals surface area contributed by atoms with Crippen molar-refractivity contribution < 1.29 is 4.79 Å². The third kappa shape index (κ3) is 2.56. The molecule has 18 heavy (non-hydrogen) atoms. The SMILES string of the molecule is CSC(C)CNC(=O)c1sc2nccnc2c1N. The van der Waals surface area contributed by atoms with Gasteiger partial charge in [0, 0.05) is 24.2 Å². The van der Waals surface area contributed by atoms with Crippen molar-refractivity contribution in [2.24, 2.45) is 0 Å². The van der Waals surface area contributed by atoms with E-state index in [4.69, 9.17) is 5.73 Å². The van der Waals surface area contributed by atoms with Crippen LogP contribution in [-0.4, -0.2) is 33.9 Å². The summed E-state index contributed by atoms with van der Waals surface area (Å²) >= 11 is 2.98. The first-order valence-electron chi connectivity index (χ1n) is 5.43. The van der Waals surface area contributed by atoms with Crippen LogP contribution in [0.5, 0.6) is 0 Å². The number of amides is 1. The Balaban J connectivity index is 2.20. The van der Waals surface area contributed by atoms with Crippen LogP contribution in [0.2, 0.25) is 0 Å². The van der Waals surface area contributed by atoms with E-state index in [0.717, 1.165) is 0 Å². The zero-order chi connectivity index (χ0) is 13.1. The van der Waals surface area contributed by atoms with Crippen molar-refractivity contribution in [3.8, 4) is 0 Å². The third-order valence-electron chi connectivity index (χ3n) is 2.52. The van der Waals surface area contributed by atoms with Crippen molar-refractivity contribution in [1.29, 1.82) is 0 Å². The van der Waals surface area contributed by atoms with Crippen molar-refractivity contribution in [2.75, 3.05) is 18.5 Å². The average Bonchev–Trinajstić information content (AvgIpc) is 2.73. The highest BCUT2D eigenvalue weighted by Crippen LogP contribution is 2.30. The molecular formula is C11H14N4OS2. The summed E-state index contributed by atoms with van der Waals surface area (Å²) in [6.07, 6.45) is 5.18. The Morgan fingerprint density at radius 1 is 1.56 bits per heavy atom. The summed E-state index contributed by atoms with van der Waals surface area (Å²) in [6, 6.07) is 0. The maximum atomic E-state index is 12.0. The standard InChI is InChI=1S/C11H14N4OS2/c1-6(17-2)5-15-10(16)9-7(12)8-11(18-9)14-4-3-13-8/h3-4,6H,5,12H2,1-2H3,(H,15,16). The van der Waals surface area contributed by atoms with Crippen LogP contribution in [0, 0.1) is 0 Å². The number of hydrogen-bond donors (Lipinski definition) is 2. The summed E-state index contributed by atoms with van der Waals surface area (Å²) in [5.74, 6) is -0.154. The molecule has 0 aliphatic rings. The van der Waals surface area contributed by atoms with Gasteiger partial charge < -0.3 is 11.1 Å². The number of fused-ring (bicyclic) bond motifs is 1. The second-order valence-electron chi connectivity index (χ2n) is 3.81. The number of nitrogens with one attached hydrogen (secondary N) is 1. The van der Waals surface area contributed by atoms with Gasteiger partial charge in [0.05, 0.1) is 5.69 Å². The molecule has 0 saturated carbocycles. The van der Waals surface area contributed by atoms with Gasteiger partial charge in [-0.05, 0) is 6.26 Å². The monoisotopic (exact) mass is 282 g/mol. The molecular weight excluding hydrogens is 268 g/mol. The molecule has 0 saturated heterocycles. The van der Waals surface area contributed by atoms with Gasteiger partial charge in [0.1, 0.15) is 15.2 Å². The van der Waals surface area contributed by atoms with Gasteiger partial charge >= 0.3 is 0 Å². The smallest absolute Gasteiger partial charge is 0.263 e. The van der Waals surface area contributed by atoms with Gasteiger partial charge in [-0.15, -0.1) is 11.3 Å². The van der Waals surface area contributed by atoms with Gasteiger partial charge in [0.25, 0.3) is 5.91 Å². The lowest BCUT2D eigenvalue weighted by atomic mass is 10.3. The molecule has 3 N–H and O–H groups in total. The molecule has 2 aromatic heterocycles. The number of anilines is 1. The minimum atomic E-state index is -0.154. The molecule has 2 rings (SSSR count). The lowest BCUT2D eigenvalue weighted by Gasteiger charge is -2.08. The van der Waals surface area contributed by atoms with Crippen molar-refractivity contribution >= 4 is 45.0 Å². The lowest BCUT2D eigenvalue weighted by molar-refractivity contribution is 0.0959. The summed E-state index contributed by atoms with van der Waals surface area (Å²) in [6.45, 7) is 2.68. The van der Waals surface area contributed by atoms with Crippen molar-refractivity contribution in [1.82, 2.24) is 15.3 Å². The zero-order valence-electron chi connectivity index (χ0n) is 10.1. The van der Waals surface area contributed by atoms with E-state index in [1.807, 2.05) is 6.26 Å². The molecule has 2 aromatic rings. The van der Waals surface area contributed by atoms with Crippen LogP contribution in [0.25, 0.3) is 10.3 Å². The van der Waals surface area contributed by atoms with Gasteiger partial charge in [-0.1, -0.05) is 6.92 Å². The second kappa shape index (κ2) is 5.53. The largest absolute Gasteiger partial charge is 0.396 e. The van der Waals surface area contributed by atoms with Crippen molar-refractivity contribution in [3.63, 3.8) is 0 Å². The third-order valence-corrected chi connectivity index (χ3v) is 4.59. The van der Waals surface area contributed by atoms with Crippen LogP contribution in [0.15, 0.2) is 12.4 Å². The molecule has 0 aliphatic carbocycles. The number of nitrogens with zero attached hydrogens (tertiary/aromatic N) is 2. The predicted octanol–water partition coefficient (Wildman–Crippen LogP) is 1.75. The van der Waals surface area contributed by atoms with Crippen LogP contribution in [0.3, 0.4) is 0 Å². The van der Waals surface area contributed by atoms with Gasteiger partial charge in [-0.2, -0.15) is 11.8 Å². The number of nitrogen functional groups attached to an aromatic ring is 1. The highest BCUT2D eigenvalue weighted by Gasteiger charge is 2.17. The van der Waals surface area contributed by atoms with Gasteiger partial charge in [-0.3, -0.25) is 4.79 Å². The molecule has 1 atom stereocenters. The Morgan fingerprint density at radius 3 is 2.94 bits per heavy atom. The predicted molar refractivity (Wildman–Crippen MR) is 77.1 cm³/mol. The first-order chi connectivity index (χ1) is 8.63. The summed E-state index contributed by atoms with van der Waals surface area (Å²) in [7, 11) is 0. The second-order valence-corrected chi connectivity index (χ2v) is 6.09. The number of carbonyl (C=O) groups is 1. The van der Waals surface area contributed by atoms with E-state index in [-0.39, 0.29) is 5.91 Å². The van der Waals surface area contributed by atoms with E-state index in [1.165, 1.54) is 11.3 Å². The summed E-state index contributed by atoms with van der Waals surface area (Å²) in [5.41, 5.74) is 6.94. The summed E-state index contributed by atoms with van der Waals surface area (Å²) < 4.78 is 0. The minimum absolute atomic E-state index is 0.154. The number of thiophene rings is 1. The number of rotatable bonds is 4. The van der Waals surface area contributed by atoms with E-state index in [2.05, 4.69) is 22.2 Å². The van der Waals surface area contributed by atoms with Gasteiger partial charge in [0.2, 0.25) is 0 Å². The van der Waals surface area contributed by atoms with Crippen molar-refractivity contribution in [3.05, 3.63) is 17.3 Å². The zero-order valence-corrected chi connectivity index (χ0v) is 11.8. The molecule has 0 aliphatic heterocycles. The number of carbonyl (C=O) groups excluding carboxylic acids is 1. The van der Waals surface area contributed by atoms with E-state index in [1.54, 1.807) is 24.2 Å². The van der Waals surface area contributed by atoms with Crippen LogP contribution in [0.1, 0.15) is 16.6 Å². The summed E-state index contributed by atoms with van der Waals surface area (Å²) in [5, 5.41) is 3.24. The lowest BCUT2D eigenvalue weighted by Crippen LogP contribution is -2.29. The first kappa shape index (κ1) is 13.1. The molecule has 96 valence electrons. The summed E-state index contributed by atoms with van der Waals surface area (Å²) in [4.78, 5) is 21.5. The molecule has 5 nitrogen and oxygen atoms in total. The van der Waals surface area contributed by atoms with E-state index < -0.39 is 0 Å². The number of thioether (sulfide) groups is 1. The first-order valence-corrected chi connectivity index (χ1v) is 7.54. The molecule has 0 bridgehead atoms.